The zero-order chi connectivity index (χ0) is 11.7. The summed E-state index contributed by atoms with van der Waals surface area (Å²) in [5.41, 5.74) is 1.97. The molecule has 0 bridgehead atoms. The molecule has 3 rings (SSSR count). The van der Waals surface area contributed by atoms with Crippen molar-refractivity contribution in [2.45, 2.75) is 32.4 Å². The topological polar surface area (TPSA) is 46.8 Å². The zero-order valence-corrected chi connectivity index (χ0v) is 10.1. The van der Waals surface area contributed by atoms with Crippen LogP contribution in [0.5, 0.6) is 0 Å². The van der Waals surface area contributed by atoms with E-state index in [0.717, 1.165) is 30.5 Å². The Morgan fingerprint density at radius 1 is 1.41 bits per heavy atom. The number of piperidine rings is 1. The van der Waals surface area contributed by atoms with Gasteiger partial charge in [0, 0.05) is 12.7 Å². The number of likely N-dealkylation sites (tertiary alicyclic amines) is 1. The molecule has 3 heterocycles. The second kappa shape index (κ2) is 4.41. The minimum Gasteiger partial charge on any atom is -0.282 e. The number of fused-ring (bicyclic) bond motifs is 1. The van der Waals surface area contributed by atoms with Crippen LogP contribution in [-0.2, 0) is 0 Å². The quantitative estimate of drug-likeness (QED) is 0.791. The molecule has 0 saturated carbocycles. The van der Waals surface area contributed by atoms with E-state index in [0.29, 0.717) is 6.17 Å². The summed E-state index contributed by atoms with van der Waals surface area (Å²) in [6.07, 6.45) is 7.67. The highest BCUT2D eigenvalue weighted by atomic mass is 15.5. The Morgan fingerprint density at radius 3 is 3.24 bits per heavy atom. The predicted molar refractivity (Wildman–Crippen MR) is 65.5 cm³/mol. The second-order valence-corrected chi connectivity index (χ2v) is 4.50. The molecule has 1 fully saturated rings. The monoisotopic (exact) mass is 231 g/mol. The van der Waals surface area contributed by atoms with Crippen LogP contribution in [0, 0.1) is 0 Å². The molecule has 1 saturated heterocycles. The number of pyridine rings is 1. The third kappa shape index (κ3) is 1.80. The van der Waals surface area contributed by atoms with Crippen LogP contribution in [-0.4, -0.2) is 38.0 Å². The summed E-state index contributed by atoms with van der Waals surface area (Å²) in [5, 5.41) is 8.49. The van der Waals surface area contributed by atoms with Crippen LogP contribution in [0.15, 0.2) is 18.5 Å². The summed E-state index contributed by atoms with van der Waals surface area (Å²) in [7, 11) is 0. The van der Waals surface area contributed by atoms with Gasteiger partial charge >= 0.3 is 0 Å². The molecule has 0 spiro atoms. The van der Waals surface area contributed by atoms with Crippen LogP contribution in [0.3, 0.4) is 0 Å². The van der Waals surface area contributed by atoms with E-state index < -0.39 is 0 Å². The van der Waals surface area contributed by atoms with Crippen molar-refractivity contribution < 1.29 is 0 Å². The van der Waals surface area contributed by atoms with Gasteiger partial charge in [-0.15, -0.1) is 5.10 Å². The molecule has 0 amide bonds. The third-order valence-corrected chi connectivity index (χ3v) is 3.54. The molecular formula is C12H17N5. The molecule has 0 N–H and O–H groups in total. The van der Waals surface area contributed by atoms with Gasteiger partial charge in [-0.3, -0.25) is 9.88 Å². The van der Waals surface area contributed by atoms with Crippen LogP contribution in [0.2, 0.25) is 0 Å². The van der Waals surface area contributed by atoms with Crippen molar-refractivity contribution in [2.75, 3.05) is 13.1 Å². The van der Waals surface area contributed by atoms with Gasteiger partial charge in [-0.1, -0.05) is 12.1 Å². The molecule has 90 valence electrons. The summed E-state index contributed by atoms with van der Waals surface area (Å²) in [4.78, 5) is 6.55. The van der Waals surface area contributed by atoms with Crippen LogP contribution < -0.4 is 0 Å². The number of nitrogens with zero attached hydrogens (tertiary/aromatic N) is 5. The Morgan fingerprint density at radius 2 is 2.35 bits per heavy atom. The van der Waals surface area contributed by atoms with E-state index in [1.807, 2.05) is 6.07 Å². The normalized spacial score (nSPS) is 22.1. The highest BCUT2D eigenvalue weighted by molar-refractivity contribution is 5.72. The molecule has 17 heavy (non-hydrogen) atoms. The number of hydrogen-bond acceptors (Lipinski definition) is 4. The van der Waals surface area contributed by atoms with Crippen LogP contribution in [0.1, 0.15) is 32.4 Å². The molecule has 2 aromatic rings. The zero-order valence-electron chi connectivity index (χ0n) is 10.1. The van der Waals surface area contributed by atoms with E-state index in [2.05, 4.69) is 31.8 Å². The van der Waals surface area contributed by atoms with Gasteiger partial charge in [0.25, 0.3) is 0 Å². The largest absolute Gasteiger partial charge is 0.282 e. The Labute approximate surface area is 100 Å². The maximum absolute atomic E-state index is 4.30. The van der Waals surface area contributed by atoms with Gasteiger partial charge in [-0.25, -0.2) is 4.68 Å². The van der Waals surface area contributed by atoms with Gasteiger partial charge in [-0.2, -0.15) is 0 Å². The molecule has 0 aliphatic carbocycles. The Kier molecular flexibility index (Phi) is 2.76. The van der Waals surface area contributed by atoms with Crippen molar-refractivity contribution in [3.05, 3.63) is 18.5 Å². The molecule has 5 nitrogen and oxygen atoms in total. The van der Waals surface area contributed by atoms with Crippen molar-refractivity contribution in [3.8, 4) is 0 Å². The first-order chi connectivity index (χ1) is 8.40. The third-order valence-electron chi connectivity index (χ3n) is 3.54. The number of rotatable bonds is 2. The van der Waals surface area contributed by atoms with E-state index in [-0.39, 0.29) is 0 Å². The van der Waals surface area contributed by atoms with Crippen LogP contribution in [0.25, 0.3) is 11.0 Å². The van der Waals surface area contributed by atoms with Crippen molar-refractivity contribution in [1.29, 1.82) is 0 Å². The van der Waals surface area contributed by atoms with Gasteiger partial charge in [0.05, 0.1) is 11.7 Å². The number of hydrogen-bond donors (Lipinski definition) is 0. The van der Waals surface area contributed by atoms with Gasteiger partial charge in [-0.05, 0) is 31.9 Å². The molecule has 1 aliphatic heterocycles. The Bertz CT molecular complexity index is 506. The summed E-state index contributed by atoms with van der Waals surface area (Å²) in [5.74, 6) is 0. The molecule has 1 unspecified atom stereocenters. The van der Waals surface area contributed by atoms with Crippen molar-refractivity contribution in [3.63, 3.8) is 0 Å². The van der Waals surface area contributed by atoms with E-state index in [1.165, 1.54) is 12.8 Å². The van der Waals surface area contributed by atoms with Gasteiger partial charge in [0.15, 0.2) is 0 Å². The van der Waals surface area contributed by atoms with E-state index >= 15 is 0 Å². The van der Waals surface area contributed by atoms with Crippen LogP contribution in [0.4, 0.5) is 0 Å². The fourth-order valence-corrected chi connectivity index (χ4v) is 2.63. The van der Waals surface area contributed by atoms with Crippen LogP contribution >= 0.6 is 0 Å². The smallest absolute Gasteiger partial charge is 0.131 e. The highest BCUT2D eigenvalue weighted by Gasteiger charge is 2.24. The van der Waals surface area contributed by atoms with Crippen molar-refractivity contribution >= 4 is 11.0 Å². The fourth-order valence-electron chi connectivity index (χ4n) is 2.63. The van der Waals surface area contributed by atoms with Crippen molar-refractivity contribution in [2.24, 2.45) is 0 Å². The first-order valence-electron chi connectivity index (χ1n) is 6.29. The standard InChI is InChI=1S/C12H17N5/c1-2-16-8-4-3-5-12(16)17-11-6-7-13-9-10(11)14-15-17/h6-7,9,12H,2-5,8H2,1H3. The van der Waals surface area contributed by atoms with E-state index in [4.69, 9.17) is 0 Å². The number of aromatic nitrogens is 4. The summed E-state index contributed by atoms with van der Waals surface area (Å²) < 4.78 is 2.06. The second-order valence-electron chi connectivity index (χ2n) is 4.50. The van der Waals surface area contributed by atoms with Gasteiger partial charge in [0.1, 0.15) is 11.7 Å². The highest BCUT2D eigenvalue weighted by Crippen LogP contribution is 2.27. The Balaban J connectivity index is 2.01. The van der Waals surface area contributed by atoms with Gasteiger partial charge in [0.2, 0.25) is 0 Å². The van der Waals surface area contributed by atoms with E-state index in [1.54, 1.807) is 12.4 Å². The predicted octanol–water partition coefficient (Wildman–Crippen LogP) is 1.83. The fraction of sp³-hybridized carbons (Fsp3) is 0.583. The average molecular weight is 231 g/mol. The Hall–Kier alpha value is -1.49. The molecular weight excluding hydrogens is 214 g/mol. The first kappa shape index (κ1) is 10.7. The maximum Gasteiger partial charge on any atom is 0.131 e. The summed E-state index contributed by atoms with van der Waals surface area (Å²) in [6, 6.07) is 2.00. The SMILES string of the molecule is CCN1CCCCC1n1nnc2cnccc21. The molecule has 2 aromatic heterocycles. The van der Waals surface area contributed by atoms with Crippen molar-refractivity contribution in [1.82, 2.24) is 24.9 Å². The molecule has 5 heteroatoms. The summed E-state index contributed by atoms with van der Waals surface area (Å²) in [6.45, 7) is 4.43. The molecule has 0 aromatic carbocycles. The maximum atomic E-state index is 4.30. The lowest BCUT2D eigenvalue weighted by atomic mass is 10.1. The first-order valence-corrected chi connectivity index (χ1v) is 6.29. The average Bonchev–Trinajstić information content (AvgIpc) is 2.82. The molecule has 0 radical (unpaired) electrons. The molecule has 1 atom stereocenters. The van der Waals surface area contributed by atoms with Gasteiger partial charge < -0.3 is 0 Å². The lowest BCUT2D eigenvalue weighted by Gasteiger charge is -2.34. The lowest BCUT2D eigenvalue weighted by molar-refractivity contribution is 0.0935. The summed E-state index contributed by atoms with van der Waals surface area (Å²) >= 11 is 0. The molecule has 1 aliphatic rings. The minimum atomic E-state index is 0.362. The minimum absolute atomic E-state index is 0.362. The lowest BCUT2D eigenvalue weighted by Crippen LogP contribution is -2.37. The van der Waals surface area contributed by atoms with E-state index in [9.17, 15) is 0 Å².